The molecule has 3 rings (SSSR count). The van der Waals surface area contributed by atoms with Crippen molar-refractivity contribution in [3.05, 3.63) is 90.0 Å². The fourth-order valence-electron chi connectivity index (χ4n) is 2.99. The highest BCUT2D eigenvalue weighted by atomic mass is 32.2. The van der Waals surface area contributed by atoms with Gasteiger partial charge in [-0.15, -0.1) is 0 Å². The number of nitrogens with zero attached hydrogens (tertiary/aromatic N) is 1. The first-order valence-corrected chi connectivity index (χ1v) is 10.9. The first-order chi connectivity index (χ1) is 14.3. The summed E-state index contributed by atoms with van der Waals surface area (Å²) in [6.07, 6.45) is 0. The Morgan fingerprint density at radius 3 is 2.27 bits per heavy atom. The van der Waals surface area contributed by atoms with Crippen LogP contribution in [0.25, 0.3) is 0 Å². The smallest absolute Gasteiger partial charge is 0.264 e. The highest BCUT2D eigenvalue weighted by molar-refractivity contribution is 7.92. The number of sulfonamides is 1. The molecular formula is C23H24N2O4S. The molecule has 1 atom stereocenters. The summed E-state index contributed by atoms with van der Waals surface area (Å²) in [5.41, 5.74) is 1.72. The van der Waals surface area contributed by atoms with Crippen LogP contribution < -0.4 is 14.4 Å². The van der Waals surface area contributed by atoms with Gasteiger partial charge in [0.2, 0.25) is 0 Å². The fraction of sp³-hybridized carbons (Fsp3) is 0.174. The van der Waals surface area contributed by atoms with E-state index in [1.807, 2.05) is 31.2 Å². The van der Waals surface area contributed by atoms with Crippen molar-refractivity contribution in [2.75, 3.05) is 18.5 Å². The van der Waals surface area contributed by atoms with Crippen molar-refractivity contribution in [1.29, 1.82) is 0 Å². The molecule has 0 saturated heterocycles. The van der Waals surface area contributed by atoms with E-state index in [9.17, 15) is 13.2 Å². The van der Waals surface area contributed by atoms with E-state index in [0.717, 1.165) is 11.3 Å². The molecule has 0 aromatic heterocycles. The lowest BCUT2D eigenvalue weighted by molar-refractivity contribution is 0.0940. The van der Waals surface area contributed by atoms with Gasteiger partial charge in [-0.05, 0) is 55.0 Å². The molecule has 7 heteroatoms. The lowest BCUT2D eigenvalue weighted by Crippen LogP contribution is -2.28. The van der Waals surface area contributed by atoms with Crippen LogP contribution in [0, 0.1) is 0 Å². The van der Waals surface area contributed by atoms with Crippen molar-refractivity contribution < 1.29 is 17.9 Å². The molecule has 0 spiro atoms. The summed E-state index contributed by atoms with van der Waals surface area (Å²) in [6.45, 7) is 1.88. The molecule has 0 saturated carbocycles. The molecular weight excluding hydrogens is 400 g/mol. The van der Waals surface area contributed by atoms with Crippen molar-refractivity contribution >= 4 is 21.6 Å². The molecule has 0 radical (unpaired) electrons. The van der Waals surface area contributed by atoms with Crippen molar-refractivity contribution in [2.45, 2.75) is 17.9 Å². The highest BCUT2D eigenvalue weighted by Crippen LogP contribution is 2.23. The predicted molar refractivity (Wildman–Crippen MR) is 117 cm³/mol. The molecule has 1 N–H and O–H groups in total. The minimum absolute atomic E-state index is 0.190. The van der Waals surface area contributed by atoms with Gasteiger partial charge < -0.3 is 10.1 Å². The molecule has 1 amide bonds. The molecule has 0 aliphatic rings. The average molecular weight is 425 g/mol. The molecule has 156 valence electrons. The molecule has 0 aliphatic heterocycles. The van der Waals surface area contributed by atoms with E-state index in [1.165, 1.54) is 11.4 Å². The second kappa shape index (κ2) is 9.00. The molecule has 0 fully saturated rings. The summed E-state index contributed by atoms with van der Waals surface area (Å²) in [7, 11) is -0.646. The topological polar surface area (TPSA) is 75.7 Å². The van der Waals surface area contributed by atoms with Gasteiger partial charge in [-0.2, -0.15) is 0 Å². The number of rotatable bonds is 7. The Balaban J connectivity index is 1.78. The van der Waals surface area contributed by atoms with Gasteiger partial charge in [0.05, 0.1) is 23.7 Å². The molecule has 0 heterocycles. The summed E-state index contributed by atoms with van der Waals surface area (Å²) < 4.78 is 32.0. The van der Waals surface area contributed by atoms with Crippen molar-refractivity contribution in [3.8, 4) is 5.75 Å². The van der Waals surface area contributed by atoms with Crippen LogP contribution in [0.5, 0.6) is 5.75 Å². The Morgan fingerprint density at radius 2 is 1.63 bits per heavy atom. The first kappa shape index (κ1) is 21.4. The normalized spacial score (nSPS) is 12.1. The Labute approximate surface area is 177 Å². The van der Waals surface area contributed by atoms with E-state index in [-0.39, 0.29) is 16.8 Å². The Bertz CT molecular complexity index is 1110. The van der Waals surface area contributed by atoms with Crippen LogP contribution in [0.3, 0.4) is 0 Å². The van der Waals surface area contributed by atoms with E-state index < -0.39 is 10.0 Å². The van der Waals surface area contributed by atoms with Gasteiger partial charge in [0, 0.05) is 12.6 Å². The maximum atomic E-state index is 12.8. The van der Waals surface area contributed by atoms with Crippen LogP contribution in [0.1, 0.15) is 28.9 Å². The largest absolute Gasteiger partial charge is 0.497 e. The third kappa shape index (κ3) is 4.63. The van der Waals surface area contributed by atoms with E-state index in [2.05, 4.69) is 5.32 Å². The zero-order valence-corrected chi connectivity index (χ0v) is 17.9. The molecule has 6 nitrogen and oxygen atoms in total. The maximum Gasteiger partial charge on any atom is 0.264 e. The van der Waals surface area contributed by atoms with Gasteiger partial charge in [0.25, 0.3) is 15.9 Å². The van der Waals surface area contributed by atoms with Crippen molar-refractivity contribution in [2.24, 2.45) is 0 Å². The number of carbonyl (C=O) groups is 1. The Hall–Kier alpha value is -3.32. The number of amides is 1. The predicted octanol–water partition coefficient (Wildman–Crippen LogP) is 4.01. The number of methoxy groups -OCH3 is 1. The van der Waals surface area contributed by atoms with Crippen LogP contribution in [0.4, 0.5) is 5.69 Å². The Kier molecular flexibility index (Phi) is 6.42. The van der Waals surface area contributed by atoms with Crippen LogP contribution in [0.2, 0.25) is 0 Å². The summed E-state index contributed by atoms with van der Waals surface area (Å²) in [5, 5.41) is 2.94. The molecule has 3 aromatic rings. The monoisotopic (exact) mass is 424 g/mol. The van der Waals surface area contributed by atoms with Crippen molar-refractivity contribution in [1.82, 2.24) is 5.32 Å². The minimum Gasteiger partial charge on any atom is -0.497 e. The summed E-state index contributed by atoms with van der Waals surface area (Å²) in [5.74, 6) is 0.457. The number of hydrogen-bond donors (Lipinski definition) is 1. The van der Waals surface area contributed by atoms with Gasteiger partial charge in [-0.3, -0.25) is 9.10 Å². The van der Waals surface area contributed by atoms with Crippen LogP contribution in [-0.2, 0) is 10.0 Å². The van der Waals surface area contributed by atoms with E-state index in [0.29, 0.717) is 11.3 Å². The Morgan fingerprint density at radius 1 is 0.967 bits per heavy atom. The summed E-state index contributed by atoms with van der Waals surface area (Å²) in [4.78, 5) is 12.9. The second-order valence-corrected chi connectivity index (χ2v) is 8.77. The number of nitrogens with one attached hydrogen (secondary N) is 1. The second-order valence-electron chi connectivity index (χ2n) is 6.80. The van der Waals surface area contributed by atoms with Crippen molar-refractivity contribution in [3.63, 3.8) is 0 Å². The molecule has 30 heavy (non-hydrogen) atoms. The molecule has 0 aliphatic carbocycles. The quantitative estimate of drug-likeness (QED) is 0.622. The highest BCUT2D eigenvalue weighted by Gasteiger charge is 2.22. The number of benzene rings is 3. The fourth-order valence-corrected chi connectivity index (χ4v) is 4.20. The lowest BCUT2D eigenvalue weighted by Gasteiger charge is -2.20. The number of anilines is 1. The van der Waals surface area contributed by atoms with Crippen LogP contribution >= 0.6 is 0 Å². The standard InChI is InChI=1S/C23H24N2O4S/c1-17(18-12-14-21(29-3)15-13-18)24-23(26)19-8-7-9-20(16-19)25(2)30(27,28)22-10-5-4-6-11-22/h4-17H,1-3H3,(H,24,26). The molecule has 3 aromatic carbocycles. The van der Waals surface area contributed by atoms with Gasteiger partial charge >= 0.3 is 0 Å². The summed E-state index contributed by atoms with van der Waals surface area (Å²) >= 11 is 0. The van der Waals surface area contributed by atoms with Gasteiger partial charge in [-0.25, -0.2) is 8.42 Å². The third-order valence-electron chi connectivity index (χ3n) is 4.84. The van der Waals surface area contributed by atoms with Gasteiger partial charge in [0.1, 0.15) is 5.75 Å². The van der Waals surface area contributed by atoms with Gasteiger partial charge in [0.15, 0.2) is 0 Å². The zero-order valence-electron chi connectivity index (χ0n) is 17.1. The zero-order chi connectivity index (χ0) is 21.7. The van der Waals surface area contributed by atoms with Gasteiger partial charge in [-0.1, -0.05) is 36.4 Å². The lowest BCUT2D eigenvalue weighted by atomic mass is 10.1. The van der Waals surface area contributed by atoms with E-state index >= 15 is 0 Å². The number of hydrogen-bond acceptors (Lipinski definition) is 4. The third-order valence-corrected chi connectivity index (χ3v) is 6.64. The maximum absolute atomic E-state index is 12.8. The molecule has 1 unspecified atom stereocenters. The number of ether oxygens (including phenoxy) is 1. The van der Waals surface area contributed by atoms with Crippen LogP contribution in [0.15, 0.2) is 83.8 Å². The minimum atomic E-state index is -3.72. The summed E-state index contributed by atoms with van der Waals surface area (Å²) in [6, 6.07) is 22.0. The molecule has 0 bridgehead atoms. The van der Waals surface area contributed by atoms with E-state index in [1.54, 1.807) is 61.7 Å². The van der Waals surface area contributed by atoms with E-state index in [4.69, 9.17) is 4.74 Å². The average Bonchev–Trinajstić information content (AvgIpc) is 2.79. The number of carbonyl (C=O) groups excluding carboxylic acids is 1. The van der Waals surface area contributed by atoms with Crippen LogP contribution in [-0.4, -0.2) is 28.5 Å². The first-order valence-electron chi connectivity index (χ1n) is 9.42. The SMILES string of the molecule is COc1ccc(C(C)NC(=O)c2cccc(N(C)S(=O)(=O)c3ccccc3)c2)cc1.